The first-order valence-electron chi connectivity index (χ1n) is 19.1. The molecule has 14 nitrogen and oxygen atoms in total. The number of rotatable bonds is 16. The van der Waals surface area contributed by atoms with Crippen LogP contribution in [0.2, 0.25) is 18.1 Å². The Balaban J connectivity index is 1.89. The second kappa shape index (κ2) is 17.8. The Morgan fingerprint density at radius 3 is 2.37 bits per heavy atom. The first-order chi connectivity index (χ1) is 27.1. The Morgan fingerprint density at radius 2 is 1.75 bits per heavy atom. The number of methoxy groups -OCH3 is 2. The molecule has 3 aliphatic rings. The highest BCUT2D eigenvalue weighted by molar-refractivity contribution is 6.74. The van der Waals surface area contributed by atoms with Crippen LogP contribution in [0.4, 0.5) is 4.79 Å². The highest BCUT2D eigenvalue weighted by Crippen LogP contribution is 2.55. The Hall–Kier alpha value is -4.75. The van der Waals surface area contributed by atoms with Crippen LogP contribution in [-0.2, 0) is 29.9 Å². The van der Waals surface area contributed by atoms with Gasteiger partial charge < -0.3 is 42.3 Å². The van der Waals surface area contributed by atoms with Gasteiger partial charge in [-0.3, -0.25) is 9.80 Å². The van der Waals surface area contributed by atoms with E-state index in [0.717, 1.165) is 11.1 Å². The molecule has 0 spiro atoms. The average molecular weight is 808 g/mol. The summed E-state index contributed by atoms with van der Waals surface area (Å²) in [6, 6.07) is 1.27. The molecule has 15 heteroatoms. The van der Waals surface area contributed by atoms with E-state index >= 15 is 0 Å². The van der Waals surface area contributed by atoms with E-state index in [0.29, 0.717) is 45.4 Å². The third-order valence-corrected chi connectivity index (χ3v) is 15.8. The highest BCUT2D eigenvalue weighted by atomic mass is 28.4. The lowest BCUT2D eigenvalue weighted by atomic mass is 9.76. The summed E-state index contributed by atoms with van der Waals surface area (Å²) in [4.78, 5) is 32.7. The normalized spacial score (nSPS) is 20.5. The molecule has 5 rings (SSSR count). The Kier molecular flexibility index (Phi) is 13.5. The number of piperazine rings is 1. The predicted molar refractivity (Wildman–Crippen MR) is 214 cm³/mol. The molecule has 0 saturated carbocycles. The number of hydrogen-bond acceptors (Lipinski definition) is 13. The summed E-state index contributed by atoms with van der Waals surface area (Å²) >= 11 is 0. The van der Waals surface area contributed by atoms with E-state index in [-0.39, 0.29) is 51.5 Å². The molecular weight excluding hydrogens is 751 g/mol. The highest BCUT2D eigenvalue weighted by Gasteiger charge is 2.59. The molecule has 1 amide bonds. The summed E-state index contributed by atoms with van der Waals surface area (Å²) in [6.45, 7) is 23.7. The molecule has 2 aromatic rings. The second-order valence-corrected chi connectivity index (χ2v) is 20.5. The molecule has 3 aliphatic heterocycles. The summed E-state index contributed by atoms with van der Waals surface area (Å²) in [7, 11) is 0.531. The molecule has 0 N–H and O–H groups in total. The predicted octanol–water partition coefficient (Wildman–Crippen LogP) is 7.08. The molecule has 2 aromatic carbocycles. The molecule has 1 fully saturated rings. The smallest absolute Gasteiger partial charge is 0.411 e. The fourth-order valence-electron chi connectivity index (χ4n) is 7.71. The van der Waals surface area contributed by atoms with Crippen LogP contribution < -0.4 is 23.7 Å². The number of nitriles is 1. The molecule has 0 radical (unpaired) electrons. The number of nitrogens with zero attached hydrogens (tertiary/aromatic N) is 3. The minimum atomic E-state index is -2.54. The van der Waals surface area contributed by atoms with Crippen LogP contribution >= 0.6 is 0 Å². The van der Waals surface area contributed by atoms with E-state index in [4.69, 9.17) is 42.3 Å². The van der Waals surface area contributed by atoms with Crippen molar-refractivity contribution in [2.75, 3.05) is 54.2 Å². The Morgan fingerprint density at radius 1 is 1.05 bits per heavy atom. The van der Waals surface area contributed by atoms with Crippen LogP contribution in [0.5, 0.6) is 28.7 Å². The van der Waals surface area contributed by atoms with Crippen LogP contribution in [0.15, 0.2) is 37.4 Å². The van der Waals surface area contributed by atoms with Gasteiger partial charge in [0.25, 0.3) is 0 Å². The monoisotopic (exact) mass is 807 g/mol. The van der Waals surface area contributed by atoms with E-state index in [1.165, 1.54) is 13.2 Å². The van der Waals surface area contributed by atoms with Gasteiger partial charge >= 0.3 is 12.1 Å². The second-order valence-electron chi connectivity index (χ2n) is 15.7. The van der Waals surface area contributed by atoms with Gasteiger partial charge in [-0.15, -0.1) is 0 Å². The van der Waals surface area contributed by atoms with Crippen LogP contribution in [0.25, 0.3) is 0 Å². The molecule has 1 saturated heterocycles. The van der Waals surface area contributed by atoms with E-state index in [1.807, 2.05) is 24.8 Å². The number of benzene rings is 2. The van der Waals surface area contributed by atoms with E-state index in [2.05, 4.69) is 53.1 Å². The molecule has 57 heavy (non-hydrogen) atoms. The van der Waals surface area contributed by atoms with Gasteiger partial charge in [0.05, 0.1) is 44.5 Å². The van der Waals surface area contributed by atoms with Crippen molar-refractivity contribution < 1.29 is 51.9 Å². The molecule has 5 atom stereocenters. The quantitative estimate of drug-likeness (QED) is 0.0737. The van der Waals surface area contributed by atoms with Gasteiger partial charge in [0.15, 0.2) is 38.1 Å². The van der Waals surface area contributed by atoms with Gasteiger partial charge in [-0.25, -0.2) is 9.59 Å². The van der Waals surface area contributed by atoms with Crippen molar-refractivity contribution >= 4 is 20.4 Å². The molecule has 0 unspecified atom stereocenters. The summed E-state index contributed by atoms with van der Waals surface area (Å²) in [5, 5.41) is 11.2. The van der Waals surface area contributed by atoms with Crippen molar-refractivity contribution in [3.8, 4) is 34.8 Å². The fourth-order valence-corrected chi connectivity index (χ4v) is 8.73. The molecule has 2 bridgehead atoms. The van der Waals surface area contributed by atoms with Crippen LogP contribution in [0.1, 0.15) is 67.6 Å². The lowest BCUT2D eigenvalue weighted by molar-refractivity contribution is -0.158. The van der Waals surface area contributed by atoms with Crippen molar-refractivity contribution in [2.24, 2.45) is 0 Å². The Labute approximate surface area is 337 Å². The first-order valence-corrected chi connectivity index (χ1v) is 22.0. The van der Waals surface area contributed by atoms with Gasteiger partial charge in [-0.05, 0) is 62.5 Å². The van der Waals surface area contributed by atoms with Crippen LogP contribution in [0, 0.1) is 25.2 Å². The topological polar surface area (TPSA) is 147 Å². The largest absolute Gasteiger partial charge is 0.493 e. The summed E-state index contributed by atoms with van der Waals surface area (Å²) in [5.41, 5.74) is 3.34. The number of ether oxygens (including phenoxy) is 8. The molecule has 0 aliphatic carbocycles. The van der Waals surface area contributed by atoms with E-state index < -0.39 is 50.6 Å². The average Bonchev–Trinajstić information content (AvgIpc) is 3.66. The lowest BCUT2D eigenvalue weighted by Crippen LogP contribution is -2.70. The van der Waals surface area contributed by atoms with Gasteiger partial charge in [-0.2, -0.15) is 5.26 Å². The molecular formula is C42H57N3O11Si. The summed E-state index contributed by atoms with van der Waals surface area (Å²) in [5.74, 6) is 1.37. The number of carbonyl (C=O) groups excluding carboxylic acids is 2. The summed E-state index contributed by atoms with van der Waals surface area (Å²) in [6.07, 6.45) is 2.69. The SMILES string of the molecule is C=CCOC(=O)N1[C@H]2Cc3cc(C)c(OC)c(OCC=C)c3[C@H]1[C@H](CO[Si](C)(C)C(C)(C)C)N([C@@H](C(=O)OCC)c1cc(OCOC)c(C)c3c1OCO3)[C@H]2C#N. The maximum Gasteiger partial charge on any atom is 0.411 e. The Bertz CT molecular complexity index is 1890. The van der Waals surface area contributed by atoms with Crippen molar-refractivity contribution in [1.82, 2.24) is 9.80 Å². The van der Waals surface area contributed by atoms with Gasteiger partial charge in [0.1, 0.15) is 31.0 Å². The lowest BCUT2D eigenvalue weighted by Gasteiger charge is -2.58. The number of aryl methyl sites for hydroxylation is 1. The van der Waals surface area contributed by atoms with Crippen LogP contribution in [0.3, 0.4) is 0 Å². The van der Waals surface area contributed by atoms with Crippen molar-refractivity contribution in [2.45, 2.75) is 96.3 Å². The van der Waals surface area contributed by atoms with E-state index in [9.17, 15) is 14.9 Å². The maximum atomic E-state index is 14.8. The zero-order chi connectivity index (χ0) is 41.8. The minimum Gasteiger partial charge on any atom is -0.493 e. The zero-order valence-corrected chi connectivity index (χ0v) is 35.9. The first kappa shape index (κ1) is 43.4. The van der Waals surface area contributed by atoms with Gasteiger partial charge in [0, 0.05) is 23.8 Å². The fraction of sp³-hybridized carbons (Fsp3) is 0.548. The number of carbonyl (C=O) groups is 2. The van der Waals surface area contributed by atoms with Crippen LogP contribution in [-0.4, -0.2) is 103 Å². The third kappa shape index (κ3) is 8.18. The van der Waals surface area contributed by atoms with Crippen molar-refractivity contribution in [3.63, 3.8) is 0 Å². The molecule has 310 valence electrons. The van der Waals surface area contributed by atoms with Gasteiger partial charge in [-0.1, -0.05) is 52.1 Å². The molecule has 0 aromatic heterocycles. The summed E-state index contributed by atoms with van der Waals surface area (Å²) < 4.78 is 54.4. The molecule has 3 heterocycles. The number of fused-ring (bicyclic) bond motifs is 5. The number of hydrogen-bond donors (Lipinski definition) is 0. The van der Waals surface area contributed by atoms with E-state index in [1.54, 1.807) is 31.1 Å². The minimum absolute atomic E-state index is 0.00216. The maximum absolute atomic E-state index is 14.8. The number of amides is 1. The third-order valence-electron chi connectivity index (χ3n) is 11.3. The number of esters is 1. The standard InChI is InChI=1S/C42H57N3O11Si/c1-13-16-51-39-33-27(18-25(4)36(39)49-10)19-29-30(21-43)44(31(22-56-57(11,12)42(6,7)8)35(33)45(29)41(47)52-17-14-2)34(40(46)50-15-3)28-20-32(53-23-48-9)26(5)37-38(28)55-24-54-37/h13-14,18,20,29-31,34-35H,1-2,15-17,19,22-24H2,3-12H3/t29-,30-,31-,34+,35+/m0/s1. The van der Waals surface area contributed by atoms with Crippen molar-refractivity contribution in [3.05, 3.63) is 65.3 Å². The van der Waals surface area contributed by atoms with Gasteiger partial charge in [0.2, 0.25) is 6.79 Å². The van der Waals surface area contributed by atoms with Crippen molar-refractivity contribution in [1.29, 1.82) is 5.26 Å². The zero-order valence-electron chi connectivity index (χ0n) is 34.9.